The van der Waals surface area contributed by atoms with Crippen LogP contribution < -0.4 is 10.6 Å². The smallest absolute Gasteiger partial charge is 0.407 e. The van der Waals surface area contributed by atoms with Crippen LogP contribution in [0.25, 0.3) is 0 Å². The van der Waals surface area contributed by atoms with Gasteiger partial charge in [0.1, 0.15) is 6.04 Å². The first kappa shape index (κ1) is 16.2. The van der Waals surface area contributed by atoms with Gasteiger partial charge < -0.3 is 15.4 Å². The van der Waals surface area contributed by atoms with Crippen molar-refractivity contribution in [3.8, 4) is 0 Å². The molecule has 0 radical (unpaired) electrons. The molecule has 5 nitrogen and oxygen atoms in total. The van der Waals surface area contributed by atoms with Crippen LogP contribution >= 0.6 is 0 Å². The number of amides is 2. The van der Waals surface area contributed by atoms with Gasteiger partial charge in [0.05, 0.1) is 6.61 Å². The maximum absolute atomic E-state index is 11.7. The van der Waals surface area contributed by atoms with E-state index in [9.17, 15) is 9.59 Å². The van der Waals surface area contributed by atoms with Crippen LogP contribution in [0.3, 0.4) is 0 Å². The molecule has 0 aromatic carbocycles. The molecule has 0 aliphatic rings. The van der Waals surface area contributed by atoms with Crippen molar-refractivity contribution in [3.05, 3.63) is 25.3 Å². The molecule has 1 atom stereocenters. The molecular formula is C13H22N2O3. The maximum Gasteiger partial charge on any atom is 0.407 e. The van der Waals surface area contributed by atoms with Crippen LogP contribution in [0.5, 0.6) is 0 Å². The van der Waals surface area contributed by atoms with E-state index in [0.29, 0.717) is 19.6 Å². The Bertz CT molecular complexity index is 301. The lowest BCUT2D eigenvalue weighted by Gasteiger charge is -2.16. The van der Waals surface area contributed by atoms with E-state index in [0.717, 1.165) is 0 Å². The Balaban J connectivity index is 4.24. The number of hydrogen-bond donors (Lipinski definition) is 2. The average molecular weight is 254 g/mol. The summed E-state index contributed by atoms with van der Waals surface area (Å²) in [5.41, 5.74) is 0. The zero-order valence-electron chi connectivity index (χ0n) is 11.1. The summed E-state index contributed by atoms with van der Waals surface area (Å²) < 4.78 is 4.95. The van der Waals surface area contributed by atoms with Crippen molar-refractivity contribution < 1.29 is 14.3 Å². The highest BCUT2D eigenvalue weighted by Crippen LogP contribution is 1.97. The molecule has 18 heavy (non-hydrogen) atoms. The van der Waals surface area contributed by atoms with Gasteiger partial charge in [0, 0.05) is 6.54 Å². The van der Waals surface area contributed by atoms with E-state index < -0.39 is 12.1 Å². The number of rotatable bonds is 8. The topological polar surface area (TPSA) is 67.4 Å². The highest BCUT2D eigenvalue weighted by molar-refractivity contribution is 5.85. The lowest BCUT2D eigenvalue weighted by atomic mass is 10.2. The van der Waals surface area contributed by atoms with Gasteiger partial charge in [-0.05, 0) is 12.3 Å². The van der Waals surface area contributed by atoms with Crippen LogP contribution in [0.2, 0.25) is 0 Å². The molecule has 0 aliphatic carbocycles. The summed E-state index contributed by atoms with van der Waals surface area (Å²) >= 11 is 0. The maximum atomic E-state index is 11.7. The summed E-state index contributed by atoms with van der Waals surface area (Å²) in [4.78, 5) is 23.1. The average Bonchev–Trinajstić information content (AvgIpc) is 2.32. The normalized spacial score (nSPS) is 11.5. The molecular weight excluding hydrogens is 232 g/mol. The molecule has 0 bridgehead atoms. The highest BCUT2D eigenvalue weighted by atomic mass is 16.5. The lowest BCUT2D eigenvalue weighted by molar-refractivity contribution is -0.122. The first-order valence-corrected chi connectivity index (χ1v) is 5.94. The Hall–Kier alpha value is -1.78. The van der Waals surface area contributed by atoms with Crippen LogP contribution in [0.4, 0.5) is 4.79 Å². The number of alkyl carbamates (subject to hydrolysis) is 1. The first-order chi connectivity index (χ1) is 8.51. The summed E-state index contributed by atoms with van der Waals surface area (Å²) in [5, 5.41) is 5.12. The van der Waals surface area contributed by atoms with Crippen molar-refractivity contribution in [3.63, 3.8) is 0 Å². The molecule has 5 heteroatoms. The molecule has 0 saturated heterocycles. The van der Waals surface area contributed by atoms with Gasteiger partial charge >= 0.3 is 6.09 Å². The van der Waals surface area contributed by atoms with Gasteiger partial charge in [0.25, 0.3) is 0 Å². The Morgan fingerprint density at radius 2 is 1.94 bits per heavy atom. The summed E-state index contributed by atoms with van der Waals surface area (Å²) in [7, 11) is 0. The van der Waals surface area contributed by atoms with Crippen molar-refractivity contribution in [1.82, 2.24) is 10.6 Å². The fourth-order valence-corrected chi connectivity index (χ4v) is 1.12. The zero-order chi connectivity index (χ0) is 14.0. The summed E-state index contributed by atoms with van der Waals surface area (Å²) in [6.07, 6.45) is 2.89. The quantitative estimate of drug-likeness (QED) is 0.647. The predicted octanol–water partition coefficient (Wildman–Crippen LogP) is 1.62. The molecule has 2 N–H and O–H groups in total. The van der Waals surface area contributed by atoms with Crippen molar-refractivity contribution in [2.45, 2.75) is 26.3 Å². The molecule has 2 amide bonds. The largest absolute Gasteiger partial charge is 0.449 e. The van der Waals surface area contributed by atoms with E-state index in [-0.39, 0.29) is 11.8 Å². The Labute approximate surface area is 108 Å². The highest BCUT2D eigenvalue weighted by Gasteiger charge is 2.19. The van der Waals surface area contributed by atoms with Crippen LogP contribution in [-0.2, 0) is 9.53 Å². The fraction of sp³-hybridized carbons (Fsp3) is 0.538. The Morgan fingerprint density at radius 1 is 1.28 bits per heavy atom. The number of ether oxygens (including phenoxy) is 1. The van der Waals surface area contributed by atoms with Crippen LogP contribution in [-0.4, -0.2) is 31.2 Å². The monoisotopic (exact) mass is 254 g/mol. The van der Waals surface area contributed by atoms with Gasteiger partial charge in [0.2, 0.25) is 5.91 Å². The molecule has 0 aliphatic heterocycles. The molecule has 0 saturated carbocycles. The first-order valence-electron chi connectivity index (χ1n) is 5.94. The van der Waals surface area contributed by atoms with E-state index in [1.165, 1.54) is 0 Å². The minimum atomic E-state index is -0.665. The van der Waals surface area contributed by atoms with E-state index in [1.54, 1.807) is 12.2 Å². The molecule has 102 valence electrons. The Kier molecular flexibility index (Phi) is 8.35. The molecule has 0 unspecified atom stereocenters. The summed E-state index contributed by atoms with van der Waals surface area (Å²) in [6.45, 7) is 11.6. The van der Waals surface area contributed by atoms with Gasteiger partial charge in [-0.3, -0.25) is 4.79 Å². The SMILES string of the molecule is C=CCNC(=O)[C@H](CC=C)NC(=O)OCC(C)C. The molecule has 0 rings (SSSR count). The zero-order valence-corrected chi connectivity index (χ0v) is 11.1. The van der Waals surface area contributed by atoms with Gasteiger partial charge in [0.15, 0.2) is 0 Å². The second-order valence-corrected chi connectivity index (χ2v) is 4.25. The van der Waals surface area contributed by atoms with Gasteiger partial charge in [-0.15, -0.1) is 13.2 Å². The van der Waals surface area contributed by atoms with E-state index >= 15 is 0 Å². The molecule has 0 heterocycles. The number of carbonyl (C=O) groups excluding carboxylic acids is 2. The summed E-state index contributed by atoms with van der Waals surface area (Å²) in [5.74, 6) is -0.0282. The third kappa shape index (κ3) is 7.49. The van der Waals surface area contributed by atoms with Crippen molar-refractivity contribution in [1.29, 1.82) is 0 Å². The van der Waals surface area contributed by atoms with Gasteiger partial charge in [-0.1, -0.05) is 26.0 Å². The van der Waals surface area contributed by atoms with Crippen molar-refractivity contribution >= 4 is 12.0 Å². The fourth-order valence-electron chi connectivity index (χ4n) is 1.12. The van der Waals surface area contributed by atoms with Gasteiger partial charge in [-0.25, -0.2) is 4.79 Å². The number of hydrogen-bond acceptors (Lipinski definition) is 3. The lowest BCUT2D eigenvalue weighted by Crippen LogP contribution is -2.46. The van der Waals surface area contributed by atoms with E-state index in [1.807, 2.05) is 13.8 Å². The van der Waals surface area contributed by atoms with Gasteiger partial charge in [-0.2, -0.15) is 0 Å². The van der Waals surface area contributed by atoms with E-state index in [4.69, 9.17) is 4.74 Å². The number of nitrogens with one attached hydrogen (secondary N) is 2. The standard InChI is InChI=1S/C13H22N2O3/c1-5-7-11(12(16)14-8-6-2)15-13(17)18-9-10(3)4/h5-6,10-11H,1-2,7-9H2,3-4H3,(H,14,16)(H,15,17)/t11-/m0/s1. The van der Waals surface area contributed by atoms with Crippen LogP contribution in [0, 0.1) is 5.92 Å². The molecule has 0 aromatic rings. The third-order valence-electron chi connectivity index (χ3n) is 1.98. The summed E-state index contributed by atoms with van der Waals surface area (Å²) in [6, 6.07) is -0.665. The van der Waals surface area contributed by atoms with Crippen LogP contribution in [0.15, 0.2) is 25.3 Å². The van der Waals surface area contributed by atoms with Crippen molar-refractivity contribution in [2.24, 2.45) is 5.92 Å². The minimum absolute atomic E-state index is 0.253. The number of carbonyl (C=O) groups is 2. The third-order valence-corrected chi connectivity index (χ3v) is 1.98. The minimum Gasteiger partial charge on any atom is -0.449 e. The molecule has 0 aromatic heterocycles. The second-order valence-electron chi connectivity index (χ2n) is 4.25. The second kappa shape index (κ2) is 9.27. The van der Waals surface area contributed by atoms with E-state index in [2.05, 4.69) is 23.8 Å². The molecule has 0 fully saturated rings. The predicted molar refractivity (Wildman–Crippen MR) is 71.1 cm³/mol. The van der Waals surface area contributed by atoms with Crippen LogP contribution in [0.1, 0.15) is 20.3 Å². The molecule has 0 spiro atoms. The Morgan fingerprint density at radius 3 is 2.44 bits per heavy atom. The van der Waals surface area contributed by atoms with Crippen molar-refractivity contribution in [2.75, 3.05) is 13.2 Å².